The van der Waals surface area contributed by atoms with E-state index in [1.165, 1.54) is 5.56 Å². The molecule has 4 nitrogen and oxygen atoms in total. The van der Waals surface area contributed by atoms with Crippen molar-refractivity contribution in [2.24, 2.45) is 0 Å². The number of aromatic nitrogens is 1. The lowest BCUT2D eigenvalue weighted by Crippen LogP contribution is -2.25. The summed E-state index contributed by atoms with van der Waals surface area (Å²) in [6, 6.07) is 13.6. The summed E-state index contributed by atoms with van der Waals surface area (Å²) >= 11 is 11.9. The number of aryl methyl sites for hydroxylation is 2. The first-order valence-corrected chi connectivity index (χ1v) is 9.99. The molecule has 0 radical (unpaired) electrons. The Morgan fingerprint density at radius 3 is 2.61 bits per heavy atom. The SMILES string of the molecule is Cc1ccc(-c2nc(CCNC(=O)CCCc3ccc(Cl)c(Cl)c3)co2)cc1. The second-order valence-electron chi connectivity index (χ2n) is 6.71. The number of rotatable bonds is 8. The summed E-state index contributed by atoms with van der Waals surface area (Å²) in [5.41, 5.74) is 4.04. The minimum absolute atomic E-state index is 0.0299. The van der Waals surface area contributed by atoms with Crippen LogP contribution in [0.2, 0.25) is 10.0 Å². The lowest BCUT2D eigenvalue weighted by molar-refractivity contribution is -0.121. The summed E-state index contributed by atoms with van der Waals surface area (Å²) in [6.45, 7) is 2.57. The third-order valence-corrected chi connectivity index (χ3v) is 5.15. The van der Waals surface area contributed by atoms with Crippen LogP contribution in [-0.2, 0) is 17.6 Å². The van der Waals surface area contributed by atoms with Crippen LogP contribution in [-0.4, -0.2) is 17.4 Å². The largest absolute Gasteiger partial charge is 0.444 e. The monoisotopic (exact) mass is 416 g/mol. The van der Waals surface area contributed by atoms with Crippen LogP contribution in [0.25, 0.3) is 11.5 Å². The molecule has 0 saturated heterocycles. The van der Waals surface area contributed by atoms with E-state index in [0.29, 0.717) is 35.3 Å². The third-order valence-electron chi connectivity index (χ3n) is 4.41. The van der Waals surface area contributed by atoms with E-state index in [1.54, 1.807) is 12.3 Å². The van der Waals surface area contributed by atoms with E-state index in [1.807, 2.05) is 43.3 Å². The van der Waals surface area contributed by atoms with Gasteiger partial charge in [0.25, 0.3) is 0 Å². The van der Waals surface area contributed by atoms with Gasteiger partial charge in [0.05, 0.1) is 15.7 Å². The Morgan fingerprint density at radius 2 is 1.86 bits per heavy atom. The van der Waals surface area contributed by atoms with Gasteiger partial charge in [0.1, 0.15) is 6.26 Å². The second-order valence-corrected chi connectivity index (χ2v) is 7.53. The zero-order valence-electron chi connectivity index (χ0n) is 15.7. The Bertz CT molecular complexity index is 936. The van der Waals surface area contributed by atoms with Gasteiger partial charge in [0.15, 0.2) is 0 Å². The molecular formula is C22H22Cl2N2O2. The van der Waals surface area contributed by atoms with E-state index >= 15 is 0 Å². The molecule has 0 fully saturated rings. The van der Waals surface area contributed by atoms with Gasteiger partial charge in [-0.15, -0.1) is 0 Å². The summed E-state index contributed by atoms with van der Waals surface area (Å²) in [4.78, 5) is 16.5. The van der Waals surface area contributed by atoms with Gasteiger partial charge in [0, 0.05) is 24.9 Å². The highest BCUT2D eigenvalue weighted by Gasteiger charge is 2.08. The maximum absolute atomic E-state index is 12.0. The molecule has 1 amide bonds. The predicted molar refractivity (Wildman–Crippen MR) is 113 cm³/mol. The van der Waals surface area contributed by atoms with Crippen molar-refractivity contribution < 1.29 is 9.21 Å². The summed E-state index contributed by atoms with van der Waals surface area (Å²) < 4.78 is 5.54. The van der Waals surface area contributed by atoms with Gasteiger partial charge >= 0.3 is 0 Å². The fraction of sp³-hybridized carbons (Fsp3) is 0.273. The quantitative estimate of drug-likeness (QED) is 0.516. The molecule has 2 aromatic carbocycles. The molecule has 0 aliphatic heterocycles. The molecule has 0 atom stereocenters. The number of nitrogens with zero attached hydrogens (tertiary/aromatic N) is 1. The standard InChI is InChI=1S/C22H22Cl2N2O2/c1-15-5-8-17(9-6-15)22-26-18(14-28-22)11-12-25-21(27)4-2-3-16-7-10-19(23)20(24)13-16/h5-10,13-14H,2-4,11-12H2,1H3,(H,25,27). The fourth-order valence-electron chi connectivity index (χ4n) is 2.82. The van der Waals surface area contributed by atoms with Crippen molar-refractivity contribution in [3.8, 4) is 11.5 Å². The molecule has 146 valence electrons. The molecule has 0 aliphatic rings. The number of carbonyl (C=O) groups is 1. The zero-order chi connectivity index (χ0) is 19.9. The first-order valence-electron chi connectivity index (χ1n) is 9.23. The average molecular weight is 417 g/mol. The molecule has 1 N–H and O–H groups in total. The number of hydrogen-bond donors (Lipinski definition) is 1. The highest BCUT2D eigenvalue weighted by atomic mass is 35.5. The number of carbonyl (C=O) groups excluding carboxylic acids is 1. The summed E-state index contributed by atoms with van der Waals surface area (Å²) in [5.74, 6) is 0.630. The molecule has 6 heteroatoms. The Kier molecular flexibility index (Phi) is 7.12. The Labute approximate surface area is 174 Å². The molecule has 1 heterocycles. The Morgan fingerprint density at radius 1 is 1.07 bits per heavy atom. The van der Waals surface area contributed by atoms with Crippen LogP contribution < -0.4 is 5.32 Å². The normalized spacial score (nSPS) is 10.8. The smallest absolute Gasteiger partial charge is 0.226 e. The van der Waals surface area contributed by atoms with Crippen LogP contribution in [0.15, 0.2) is 53.1 Å². The number of hydrogen-bond acceptors (Lipinski definition) is 3. The molecule has 1 aromatic heterocycles. The van der Waals surface area contributed by atoms with Crippen molar-refractivity contribution in [3.05, 3.63) is 75.6 Å². The van der Waals surface area contributed by atoms with Crippen LogP contribution in [0, 0.1) is 6.92 Å². The maximum atomic E-state index is 12.0. The van der Waals surface area contributed by atoms with Gasteiger partial charge in [-0.05, 0) is 49.6 Å². The minimum Gasteiger partial charge on any atom is -0.444 e. The molecule has 3 rings (SSSR count). The summed E-state index contributed by atoms with van der Waals surface area (Å²) in [5, 5.41) is 4.01. The number of amides is 1. The average Bonchev–Trinajstić information content (AvgIpc) is 3.14. The van der Waals surface area contributed by atoms with Crippen LogP contribution in [0.5, 0.6) is 0 Å². The van der Waals surface area contributed by atoms with Crippen LogP contribution >= 0.6 is 23.2 Å². The molecular weight excluding hydrogens is 395 g/mol. The molecule has 0 spiro atoms. The molecule has 0 aliphatic carbocycles. The van der Waals surface area contributed by atoms with E-state index in [9.17, 15) is 4.79 Å². The minimum atomic E-state index is 0.0299. The van der Waals surface area contributed by atoms with Gasteiger partial charge in [-0.2, -0.15) is 0 Å². The first-order chi connectivity index (χ1) is 13.5. The lowest BCUT2D eigenvalue weighted by atomic mass is 10.1. The van der Waals surface area contributed by atoms with Crippen LogP contribution in [0.4, 0.5) is 0 Å². The van der Waals surface area contributed by atoms with Gasteiger partial charge < -0.3 is 9.73 Å². The highest BCUT2D eigenvalue weighted by Crippen LogP contribution is 2.23. The van der Waals surface area contributed by atoms with Crippen molar-refractivity contribution in [1.29, 1.82) is 0 Å². The Balaban J connectivity index is 1.38. The molecule has 0 bridgehead atoms. The van der Waals surface area contributed by atoms with Gasteiger partial charge in [-0.25, -0.2) is 4.98 Å². The number of halogens is 2. The van der Waals surface area contributed by atoms with Crippen LogP contribution in [0.3, 0.4) is 0 Å². The molecule has 3 aromatic rings. The summed E-state index contributed by atoms with van der Waals surface area (Å²) in [6.07, 6.45) is 4.28. The Hall–Kier alpha value is -2.30. The van der Waals surface area contributed by atoms with Gasteiger partial charge in [-0.3, -0.25) is 4.79 Å². The highest BCUT2D eigenvalue weighted by molar-refractivity contribution is 6.42. The van der Waals surface area contributed by atoms with Crippen molar-refractivity contribution in [2.75, 3.05) is 6.54 Å². The maximum Gasteiger partial charge on any atom is 0.226 e. The van der Waals surface area contributed by atoms with E-state index < -0.39 is 0 Å². The number of oxazole rings is 1. The molecule has 0 unspecified atom stereocenters. The van der Waals surface area contributed by atoms with Crippen molar-refractivity contribution >= 4 is 29.1 Å². The van der Waals surface area contributed by atoms with E-state index in [2.05, 4.69) is 10.3 Å². The number of benzene rings is 2. The van der Waals surface area contributed by atoms with Crippen molar-refractivity contribution in [2.45, 2.75) is 32.6 Å². The predicted octanol–water partition coefficient (Wildman–Crippen LogP) is 5.64. The first kappa shape index (κ1) is 20.4. The topological polar surface area (TPSA) is 55.1 Å². The molecule has 28 heavy (non-hydrogen) atoms. The lowest BCUT2D eigenvalue weighted by Gasteiger charge is -2.05. The zero-order valence-corrected chi connectivity index (χ0v) is 17.2. The van der Waals surface area contributed by atoms with E-state index in [0.717, 1.165) is 29.7 Å². The molecule has 0 saturated carbocycles. The van der Waals surface area contributed by atoms with E-state index in [-0.39, 0.29) is 5.91 Å². The third kappa shape index (κ3) is 5.85. The fourth-order valence-corrected chi connectivity index (χ4v) is 3.14. The second kappa shape index (κ2) is 9.76. The van der Waals surface area contributed by atoms with Crippen molar-refractivity contribution in [3.63, 3.8) is 0 Å². The van der Waals surface area contributed by atoms with Gasteiger partial charge in [0.2, 0.25) is 11.8 Å². The number of nitrogens with one attached hydrogen (secondary N) is 1. The van der Waals surface area contributed by atoms with Crippen molar-refractivity contribution in [1.82, 2.24) is 10.3 Å². The summed E-state index contributed by atoms with van der Waals surface area (Å²) in [7, 11) is 0. The van der Waals surface area contributed by atoms with Gasteiger partial charge in [-0.1, -0.05) is 47.0 Å². The van der Waals surface area contributed by atoms with Crippen LogP contribution in [0.1, 0.15) is 29.7 Å². The van der Waals surface area contributed by atoms with E-state index in [4.69, 9.17) is 27.6 Å².